The second-order valence-corrected chi connectivity index (χ2v) is 4.59. The minimum atomic E-state index is -0.0245. The van der Waals surface area contributed by atoms with Crippen LogP contribution >= 0.6 is 0 Å². The average molecular weight is 244 g/mol. The number of aromatic nitrogens is 4. The van der Waals surface area contributed by atoms with E-state index < -0.39 is 0 Å². The first-order valence-electron chi connectivity index (χ1n) is 6.07. The summed E-state index contributed by atoms with van der Waals surface area (Å²) < 4.78 is 2.08. The van der Waals surface area contributed by atoms with Crippen molar-refractivity contribution in [3.63, 3.8) is 0 Å². The zero-order valence-corrected chi connectivity index (χ0v) is 10.3. The quantitative estimate of drug-likeness (QED) is 0.842. The highest BCUT2D eigenvalue weighted by molar-refractivity contribution is 5.45. The van der Waals surface area contributed by atoms with Crippen LogP contribution in [0.5, 0.6) is 0 Å². The molecule has 0 saturated carbocycles. The maximum Gasteiger partial charge on any atom is 0.152 e. The van der Waals surface area contributed by atoms with Crippen molar-refractivity contribution >= 4 is 5.69 Å². The lowest BCUT2D eigenvalue weighted by Crippen LogP contribution is -2.33. The van der Waals surface area contributed by atoms with Gasteiger partial charge in [0.1, 0.15) is 6.33 Å². The Balaban J connectivity index is 1.80. The molecule has 0 aromatic carbocycles. The molecule has 0 radical (unpaired) electrons. The highest BCUT2D eigenvalue weighted by Gasteiger charge is 2.17. The van der Waals surface area contributed by atoms with Gasteiger partial charge in [0.05, 0.1) is 24.1 Å². The van der Waals surface area contributed by atoms with Crippen LogP contribution < -0.4 is 10.6 Å². The molecule has 18 heavy (non-hydrogen) atoms. The lowest BCUT2D eigenvalue weighted by atomic mass is 10.2. The number of hydrogen-bond acceptors (Lipinski definition) is 5. The van der Waals surface area contributed by atoms with Gasteiger partial charge in [-0.3, -0.25) is 4.98 Å². The fraction of sp³-hybridized carbons (Fsp3) is 0.417. The van der Waals surface area contributed by atoms with Gasteiger partial charge in [0.15, 0.2) is 5.82 Å². The summed E-state index contributed by atoms with van der Waals surface area (Å²) in [6.07, 6.45) is 3.66. The number of anilines is 1. The van der Waals surface area contributed by atoms with E-state index in [-0.39, 0.29) is 6.04 Å². The lowest BCUT2D eigenvalue weighted by molar-refractivity contribution is 0.559. The molecule has 3 rings (SSSR count). The third-order valence-electron chi connectivity index (χ3n) is 3.24. The van der Waals surface area contributed by atoms with Crippen molar-refractivity contribution in [2.75, 3.05) is 11.4 Å². The van der Waals surface area contributed by atoms with Crippen LogP contribution in [-0.2, 0) is 13.1 Å². The summed E-state index contributed by atoms with van der Waals surface area (Å²) in [5, 5.41) is 8.03. The van der Waals surface area contributed by atoms with Crippen molar-refractivity contribution in [1.82, 2.24) is 19.7 Å². The fourth-order valence-corrected chi connectivity index (χ4v) is 2.14. The van der Waals surface area contributed by atoms with Gasteiger partial charge in [-0.25, -0.2) is 0 Å². The van der Waals surface area contributed by atoms with Gasteiger partial charge in [-0.15, -0.1) is 10.2 Å². The first-order chi connectivity index (χ1) is 8.74. The molecule has 94 valence electrons. The molecule has 2 aromatic rings. The van der Waals surface area contributed by atoms with Crippen molar-refractivity contribution in [2.45, 2.75) is 26.1 Å². The molecule has 1 aliphatic rings. The Hall–Kier alpha value is -1.95. The Morgan fingerprint density at radius 3 is 2.94 bits per heavy atom. The summed E-state index contributed by atoms with van der Waals surface area (Å²) >= 11 is 0. The normalized spacial score (nSPS) is 16.4. The number of hydrogen-bond donors (Lipinski definition) is 1. The number of nitrogens with zero attached hydrogens (tertiary/aromatic N) is 5. The SMILES string of the molecule is C[C@@H](N)c1ccc(N2CCn3cnnc3C2)cn1. The van der Waals surface area contributed by atoms with Gasteiger partial charge < -0.3 is 15.2 Å². The van der Waals surface area contributed by atoms with Crippen LogP contribution in [0.2, 0.25) is 0 Å². The van der Waals surface area contributed by atoms with Gasteiger partial charge in [0.25, 0.3) is 0 Å². The smallest absolute Gasteiger partial charge is 0.152 e. The minimum absolute atomic E-state index is 0.0245. The van der Waals surface area contributed by atoms with E-state index >= 15 is 0 Å². The Morgan fingerprint density at radius 2 is 2.22 bits per heavy atom. The standard InChI is InChI=1S/C12H16N6/c1-9(13)11-3-2-10(6-14-11)17-4-5-18-8-15-16-12(18)7-17/h2-3,6,8-9H,4-5,7,13H2,1H3/t9-/m1/s1. The molecule has 6 heteroatoms. The molecule has 1 aliphatic heterocycles. The molecule has 0 spiro atoms. The monoisotopic (exact) mass is 244 g/mol. The van der Waals surface area contributed by atoms with Crippen molar-refractivity contribution in [2.24, 2.45) is 5.73 Å². The number of rotatable bonds is 2. The molecular formula is C12H16N6. The largest absolute Gasteiger partial charge is 0.361 e. The van der Waals surface area contributed by atoms with Crippen molar-refractivity contribution in [1.29, 1.82) is 0 Å². The summed E-state index contributed by atoms with van der Waals surface area (Å²) in [6.45, 7) is 4.58. The van der Waals surface area contributed by atoms with Crippen molar-refractivity contribution in [3.8, 4) is 0 Å². The van der Waals surface area contributed by atoms with Crippen molar-refractivity contribution in [3.05, 3.63) is 36.2 Å². The summed E-state index contributed by atoms with van der Waals surface area (Å²) in [5.41, 5.74) is 7.81. The molecule has 1 atom stereocenters. The maximum absolute atomic E-state index is 5.79. The predicted molar refractivity (Wildman–Crippen MR) is 67.9 cm³/mol. The van der Waals surface area contributed by atoms with Crippen LogP contribution in [0.3, 0.4) is 0 Å². The van der Waals surface area contributed by atoms with Gasteiger partial charge in [-0.1, -0.05) is 0 Å². The number of fused-ring (bicyclic) bond motifs is 1. The molecule has 0 amide bonds. The van der Waals surface area contributed by atoms with Gasteiger partial charge in [0, 0.05) is 19.1 Å². The van der Waals surface area contributed by atoms with Gasteiger partial charge in [-0.2, -0.15) is 0 Å². The van der Waals surface area contributed by atoms with E-state index in [4.69, 9.17) is 5.73 Å². The fourth-order valence-electron chi connectivity index (χ4n) is 2.14. The maximum atomic E-state index is 5.79. The third kappa shape index (κ3) is 1.95. The zero-order chi connectivity index (χ0) is 12.5. The van der Waals surface area contributed by atoms with E-state index in [9.17, 15) is 0 Å². The third-order valence-corrected chi connectivity index (χ3v) is 3.24. The van der Waals surface area contributed by atoms with E-state index in [2.05, 4.69) is 30.7 Å². The second-order valence-electron chi connectivity index (χ2n) is 4.59. The molecule has 0 saturated heterocycles. The first-order valence-corrected chi connectivity index (χ1v) is 6.07. The van der Waals surface area contributed by atoms with E-state index in [0.29, 0.717) is 0 Å². The molecule has 0 fully saturated rings. The van der Waals surface area contributed by atoms with E-state index in [0.717, 1.165) is 36.8 Å². The van der Waals surface area contributed by atoms with Crippen LogP contribution in [0.25, 0.3) is 0 Å². The predicted octanol–water partition coefficient (Wildman–Crippen LogP) is 0.713. The summed E-state index contributed by atoms with van der Waals surface area (Å²) in [6, 6.07) is 4.03. The van der Waals surface area contributed by atoms with E-state index in [1.54, 1.807) is 6.33 Å². The summed E-state index contributed by atoms with van der Waals surface area (Å²) in [5.74, 6) is 0.998. The van der Waals surface area contributed by atoms with Crippen LogP contribution in [0, 0.1) is 0 Å². The van der Waals surface area contributed by atoms with Crippen LogP contribution in [0.15, 0.2) is 24.7 Å². The molecule has 2 N–H and O–H groups in total. The Kier molecular flexibility index (Phi) is 2.71. The highest BCUT2D eigenvalue weighted by Crippen LogP contribution is 2.20. The van der Waals surface area contributed by atoms with Crippen LogP contribution in [0.1, 0.15) is 24.5 Å². The topological polar surface area (TPSA) is 72.9 Å². The van der Waals surface area contributed by atoms with Gasteiger partial charge >= 0.3 is 0 Å². The average Bonchev–Trinajstić information content (AvgIpc) is 2.86. The van der Waals surface area contributed by atoms with Crippen LogP contribution in [-0.4, -0.2) is 26.3 Å². The zero-order valence-electron chi connectivity index (χ0n) is 10.3. The number of nitrogens with two attached hydrogens (primary N) is 1. The molecule has 3 heterocycles. The van der Waals surface area contributed by atoms with Crippen LogP contribution in [0.4, 0.5) is 5.69 Å². The molecule has 0 bridgehead atoms. The molecule has 0 unspecified atom stereocenters. The Bertz CT molecular complexity index is 530. The lowest BCUT2D eigenvalue weighted by Gasteiger charge is -2.28. The minimum Gasteiger partial charge on any atom is -0.361 e. The van der Waals surface area contributed by atoms with E-state index in [1.165, 1.54) is 0 Å². The molecule has 0 aliphatic carbocycles. The first kappa shape index (κ1) is 11.2. The van der Waals surface area contributed by atoms with Gasteiger partial charge in [0.2, 0.25) is 0 Å². The van der Waals surface area contributed by atoms with Gasteiger partial charge in [-0.05, 0) is 19.1 Å². The molecule has 2 aromatic heterocycles. The number of pyridine rings is 1. The summed E-state index contributed by atoms with van der Waals surface area (Å²) in [7, 11) is 0. The molecular weight excluding hydrogens is 228 g/mol. The summed E-state index contributed by atoms with van der Waals surface area (Å²) in [4.78, 5) is 6.64. The Labute approximate surface area is 105 Å². The van der Waals surface area contributed by atoms with E-state index in [1.807, 2.05) is 19.2 Å². The Morgan fingerprint density at radius 1 is 1.33 bits per heavy atom. The molecule has 6 nitrogen and oxygen atoms in total. The second kappa shape index (κ2) is 4.38. The van der Waals surface area contributed by atoms with Crippen molar-refractivity contribution < 1.29 is 0 Å². The highest BCUT2D eigenvalue weighted by atomic mass is 15.3.